The Kier molecular flexibility index (Phi) is 3.72. The lowest BCUT2D eigenvalue weighted by atomic mass is 10.2. The van der Waals surface area contributed by atoms with E-state index in [1.54, 1.807) is 0 Å². The second-order valence-corrected chi connectivity index (χ2v) is 5.81. The molecule has 0 amide bonds. The minimum atomic E-state index is -5.46. The zero-order valence-electron chi connectivity index (χ0n) is 11.1. The lowest BCUT2D eigenvalue weighted by molar-refractivity contribution is -0.354. The van der Waals surface area contributed by atoms with Crippen LogP contribution in [0.5, 0.6) is 0 Å². The molecular formula is C9H10N5O8P-2. The number of nitrogens with one attached hydrogen (secondary N) is 1. The molecule has 23 heavy (non-hydrogen) atoms. The quantitative estimate of drug-likeness (QED) is 0.394. The van der Waals surface area contributed by atoms with E-state index in [0.29, 0.717) is 0 Å². The van der Waals surface area contributed by atoms with Gasteiger partial charge < -0.3 is 39.6 Å². The number of ether oxygens (including phenoxy) is 1. The molecule has 0 aromatic carbocycles. The van der Waals surface area contributed by atoms with Crippen molar-refractivity contribution in [2.24, 2.45) is 0 Å². The van der Waals surface area contributed by atoms with E-state index in [1.807, 2.05) is 0 Å². The number of aliphatic hydroxyl groups excluding tert-OH is 2. The van der Waals surface area contributed by atoms with Gasteiger partial charge in [-0.25, -0.2) is 4.98 Å². The summed E-state index contributed by atoms with van der Waals surface area (Å²) in [5.74, 6) is -0.228. The fraction of sp³-hybridized carbons (Fsp3) is 0.444. The number of anilines is 1. The Bertz CT molecular complexity index is 844. The first kappa shape index (κ1) is 16.0. The van der Waals surface area contributed by atoms with Crippen molar-refractivity contribution in [2.45, 2.75) is 24.7 Å². The molecule has 13 nitrogen and oxygen atoms in total. The summed E-state index contributed by atoms with van der Waals surface area (Å²) in [6.07, 6.45) is -5.74. The predicted molar refractivity (Wildman–Crippen MR) is 67.2 cm³/mol. The molecule has 0 bridgehead atoms. The van der Waals surface area contributed by atoms with Gasteiger partial charge in [-0.1, -0.05) is 0 Å². The van der Waals surface area contributed by atoms with Gasteiger partial charge in [0.05, 0.1) is 14.2 Å². The van der Waals surface area contributed by atoms with Gasteiger partial charge in [0.15, 0.2) is 23.7 Å². The van der Waals surface area contributed by atoms with Crippen molar-refractivity contribution >= 4 is 24.9 Å². The summed E-state index contributed by atoms with van der Waals surface area (Å²) in [4.78, 5) is 42.7. The Morgan fingerprint density at radius 1 is 1.43 bits per heavy atom. The number of fused-ring (bicyclic) bond motifs is 1. The average Bonchev–Trinajstić information content (AvgIpc) is 2.94. The molecule has 0 saturated carbocycles. The van der Waals surface area contributed by atoms with Crippen molar-refractivity contribution in [1.82, 2.24) is 19.5 Å². The highest BCUT2D eigenvalue weighted by atomic mass is 31.2. The van der Waals surface area contributed by atoms with Gasteiger partial charge >= 0.3 is 0 Å². The van der Waals surface area contributed by atoms with Crippen molar-refractivity contribution in [1.29, 1.82) is 0 Å². The average molecular weight is 347 g/mol. The van der Waals surface area contributed by atoms with Gasteiger partial charge in [-0.15, -0.1) is 0 Å². The molecule has 3 heterocycles. The van der Waals surface area contributed by atoms with Gasteiger partial charge in [0, 0.05) is 0 Å². The molecule has 2 aromatic heterocycles. The smallest absolute Gasteiger partial charge is 0.280 e. The van der Waals surface area contributed by atoms with Gasteiger partial charge in [0.2, 0.25) is 5.95 Å². The summed E-state index contributed by atoms with van der Waals surface area (Å²) in [6.45, 7) is 0. The lowest BCUT2D eigenvalue weighted by Gasteiger charge is -2.32. The van der Waals surface area contributed by atoms with Gasteiger partial charge in [-0.3, -0.25) is 14.3 Å². The van der Waals surface area contributed by atoms with Gasteiger partial charge in [0.1, 0.15) is 12.2 Å². The van der Waals surface area contributed by atoms with E-state index < -0.39 is 38.1 Å². The van der Waals surface area contributed by atoms with E-state index in [0.717, 1.165) is 10.9 Å². The highest BCUT2D eigenvalue weighted by Gasteiger charge is 2.45. The number of hydrogen-bond donors (Lipinski definition) is 4. The third-order valence-electron chi connectivity index (χ3n) is 3.15. The number of rotatable bonds is 3. The Balaban J connectivity index is 1.99. The number of aromatic amines is 1. The van der Waals surface area contributed by atoms with Crippen LogP contribution in [0.25, 0.3) is 11.2 Å². The molecule has 1 aliphatic heterocycles. The summed E-state index contributed by atoms with van der Waals surface area (Å²) < 4.78 is 20.7. The number of imidazole rings is 1. The van der Waals surface area contributed by atoms with Crippen LogP contribution in [0.4, 0.5) is 5.95 Å². The van der Waals surface area contributed by atoms with Crippen LogP contribution in [0.2, 0.25) is 0 Å². The summed E-state index contributed by atoms with van der Waals surface area (Å²) >= 11 is 0. The SMILES string of the molecule is Nc1nc2c(ncn2C2OC(OP(=O)([O-])[O-])C(O)C2O)c(=O)[nH]1. The van der Waals surface area contributed by atoms with Crippen LogP contribution in [0.15, 0.2) is 11.1 Å². The third kappa shape index (κ3) is 2.86. The van der Waals surface area contributed by atoms with Crippen LogP contribution in [-0.4, -0.2) is 48.2 Å². The zero-order chi connectivity index (χ0) is 16.9. The van der Waals surface area contributed by atoms with Crippen LogP contribution in [0.3, 0.4) is 0 Å². The number of aromatic nitrogens is 4. The minimum Gasteiger partial charge on any atom is -0.790 e. The summed E-state index contributed by atoms with van der Waals surface area (Å²) in [5.41, 5.74) is 4.58. The maximum absolute atomic E-state index is 11.7. The molecule has 0 radical (unpaired) electrons. The van der Waals surface area contributed by atoms with E-state index >= 15 is 0 Å². The zero-order valence-corrected chi connectivity index (χ0v) is 12.0. The summed E-state index contributed by atoms with van der Waals surface area (Å²) in [5, 5.41) is 19.7. The van der Waals surface area contributed by atoms with E-state index in [-0.39, 0.29) is 17.1 Å². The molecule has 4 unspecified atom stereocenters. The maximum Gasteiger partial charge on any atom is 0.280 e. The van der Waals surface area contributed by atoms with Crippen molar-refractivity contribution in [3.05, 3.63) is 16.7 Å². The number of phosphoric ester groups is 1. The molecule has 1 saturated heterocycles. The Labute approximate surface area is 126 Å². The van der Waals surface area contributed by atoms with Crippen LogP contribution < -0.4 is 21.1 Å². The first-order valence-electron chi connectivity index (χ1n) is 6.12. The van der Waals surface area contributed by atoms with Crippen LogP contribution >= 0.6 is 7.82 Å². The van der Waals surface area contributed by atoms with Crippen molar-refractivity contribution < 1.29 is 33.8 Å². The molecule has 5 N–H and O–H groups in total. The third-order valence-corrected chi connectivity index (χ3v) is 3.62. The van der Waals surface area contributed by atoms with Crippen molar-refractivity contribution in [3.63, 3.8) is 0 Å². The first-order valence-corrected chi connectivity index (χ1v) is 7.58. The van der Waals surface area contributed by atoms with Crippen LogP contribution in [-0.2, 0) is 13.8 Å². The highest BCUT2D eigenvalue weighted by molar-refractivity contribution is 7.43. The molecule has 1 aliphatic rings. The number of phosphoric acid groups is 1. The van der Waals surface area contributed by atoms with E-state index in [4.69, 9.17) is 10.5 Å². The molecule has 0 spiro atoms. The number of nitrogens with two attached hydrogens (primary N) is 1. The Morgan fingerprint density at radius 2 is 2.13 bits per heavy atom. The number of H-pyrrole nitrogens is 1. The molecule has 2 aromatic rings. The van der Waals surface area contributed by atoms with Gasteiger partial charge in [-0.2, -0.15) is 4.98 Å². The number of aliphatic hydroxyl groups is 2. The highest BCUT2D eigenvalue weighted by Crippen LogP contribution is 2.38. The fourth-order valence-electron chi connectivity index (χ4n) is 2.20. The molecule has 3 rings (SSSR count). The number of nitrogen functional groups attached to an aromatic ring is 1. The van der Waals surface area contributed by atoms with Gasteiger partial charge in [0.25, 0.3) is 5.56 Å². The standard InChI is InChI=1S/C9H12N5O8P/c10-9-12-5-2(6(17)13-9)11-1-14(5)7-3(15)4(16)8(21-7)22-23(18,19)20/h1,3-4,7-8,15-16H,(H2,18,19,20)(H3,10,12,13,17)/p-2. The van der Waals surface area contributed by atoms with Crippen LogP contribution in [0, 0.1) is 0 Å². The second-order valence-electron chi connectivity index (χ2n) is 4.70. The van der Waals surface area contributed by atoms with E-state index in [9.17, 15) is 29.4 Å². The predicted octanol–water partition coefficient (Wildman–Crippen LogP) is -3.88. The number of hydrogen-bond acceptors (Lipinski definition) is 11. The van der Waals surface area contributed by atoms with Crippen LogP contribution in [0.1, 0.15) is 6.23 Å². The van der Waals surface area contributed by atoms with Crippen molar-refractivity contribution in [2.75, 3.05) is 5.73 Å². The Hall–Kier alpha value is -1.86. The normalized spacial score (nSPS) is 28.5. The monoisotopic (exact) mass is 347 g/mol. The van der Waals surface area contributed by atoms with E-state index in [2.05, 4.69) is 19.5 Å². The maximum atomic E-state index is 11.7. The second kappa shape index (κ2) is 5.35. The molecule has 1 fully saturated rings. The summed E-state index contributed by atoms with van der Waals surface area (Å²) in [6, 6.07) is 0. The summed E-state index contributed by atoms with van der Waals surface area (Å²) in [7, 11) is -5.46. The fourth-order valence-corrected chi connectivity index (χ4v) is 2.63. The molecular weight excluding hydrogens is 337 g/mol. The Morgan fingerprint density at radius 3 is 2.78 bits per heavy atom. The largest absolute Gasteiger partial charge is 0.790 e. The topological polar surface area (TPSA) is 212 Å². The molecule has 0 aliphatic carbocycles. The molecule has 4 atom stereocenters. The van der Waals surface area contributed by atoms with E-state index in [1.165, 1.54) is 0 Å². The lowest BCUT2D eigenvalue weighted by Crippen LogP contribution is -2.34. The molecule has 126 valence electrons. The minimum absolute atomic E-state index is 0.0735. The van der Waals surface area contributed by atoms with Crippen molar-refractivity contribution in [3.8, 4) is 0 Å². The number of nitrogens with zero attached hydrogens (tertiary/aromatic N) is 3. The van der Waals surface area contributed by atoms with Gasteiger partial charge in [-0.05, 0) is 0 Å². The molecule has 14 heteroatoms. The first-order chi connectivity index (χ1) is 10.7.